The van der Waals surface area contributed by atoms with Crippen molar-refractivity contribution in [1.82, 2.24) is 4.98 Å². The lowest BCUT2D eigenvalue weighted by Gasteiger charge is -2.10. The van der Waals surface area contributed by atoms with Crippen LogP contribution in [0.3, 0.4) is 0 Å². The van der Waals surface area contributed by atoms with Crippen molar-refractivity contribution >= 4 is 17.6 Å². The van der Waals surface area contributed by atoms with Crippen molar-refractivity contribution in [3.63, 3.8) is 0 Å². The lowest BCUT2D eigenvalue weighted by molar-refractivity contribution is -0.146. The predicted molar refractivity (Wildman–Crippen MR) is 52.1 cm³/mol. The van der Waals surface area contributed by atoms with E-state index < -0.39 is 0 Å². The van der Waals surface area contributed by atoms with E-state index in [1.165, 1.54) is 6.92 Å². The van der Waals surface area contributed by atoms with Gasteiger partial charge in [0.1, 0.15) is 11.3 Å². The molecule has 74 valence electrons. The molecule has 2 rings (SSSR count). The first-order chi connectivity index (χ1) is 6.66. The normalized spacial score (nSPS) is 19.1. The molecule has 0 aliphatic heterocycles. The molecule has 1 aliphatic rings. The number of hydrogen-bond donors (Lipinski definition) is 0. The largest absolute Gasteiger partial charge is 0.456 e. The van der Waals surface area contributed by atoms with E-state index >= 15 is 0 Å². The maximum absolute atomic E-state index is 10.8. The first-order valence-electron chi connectivity index (χ1n) is 4.49. The van der Waals surface area contributed by atoms with Crippen LogP contribution in [0, 0.1) is 0 Å². The van der Waals surface area contributed by atoms with Gasteiger partial charge in [-0.05, 0) is 24.5 Å². The lowest BCUT2D eigenvalue weighted by atomic mass is 10.2. The van der Waals surface area contributed by atoms with Crippen molar-refractivity contribution in [2.75, 3.05) is 0 Å². The van der Waals surface area contributed by atoms with Crippen molar-refractivity contribution in [1.29, 1.82) is 0 Å². The standard InChI is InChI=1S/C10H10ClNO2/c1-6(13)14-8-4-2-7-3-5-9(11)12-10(7)8/h3,5,8H,2,4H2,1H3/t8-/m1/s1. The zero-order valence-corrected chi connectivity index (χ0v) is 8.54. The van der Waals surface area contributed by atoms with E-state index in [0.29, 0.717) is 5.15 Å². The minimum Gasteiger partial charge on any atom is -0.456 e. The summed E-state index contributed by atoms with van der Waals surface area (Å²) in [6.07, 6.45) is 1.50. The summed E-state index contributed by atoms with van der Waals surface area (Å²) >= 11 is 5.77. The molecule has 0 spiro atoms. The summed E-state index contributed by atoms with van der Waals surface area (Å²) in [5, 5.41) is 0.447. The van der Waals surface area contributed by atoms with Gasteiger partial charge < -0.3 is 4.74 Å². The summed E-state index contributed by atoms with van der Waals surface area (Å²) in [5.74, 6) is -0.273. The van der Waals surface area contributed by atoms with Crippen molar-refractivity contribution in [3.05, 3.63) is 28.5 Å². The number of hydrogen-bond acceptors (Lipinski definition) is 3. The number of esters is 1. The number of ether oxygens (including phenoxy) is 1. The van der Waals surface area contributed by atoms with Gasteiger partial charge in [-0.15, -0.1) is 0 Å². The molecule has 1 atom stereocenters. The summed E-state index contributed by atoms with van der Waals surface area (Å²) in [6, 6.07) is 3.70. The van der Waals surface area contributed by atoms with Crippen molar-refractivity contribution in [3.8, 4) is 0 Å². The number of halogens is 1. The van der Waals surface area contributed by atoms with Crippen LogP contribution in [0.2, 0.25) is 5.15 Å². The van der Waals surface area contributed by atoms with E-state index in [9.17, 15) is 4.79 Å². The number of fused-ring (bicyclic) bond motifs is 1. The van der Waals surface area contributed by atoms with Crippen LogP contribution in [-0.4, -0.2) is 11.0 Å². The second kappa shape index (κ2) is 3.58. The highest BCUT2D eigenvalue weighted by molar-refractivity contribution is 6.29. The number of aromatic nitrogens is 1. The van der Waals surface area contributed by atoms with Gasteiger partial charge in [0.05, 0.1) is 5.69 Å². The molecule has 0 amide bonds. The number of carbonyl (C=O) groups excluding carboxylic acids is 1. The highest BCUT2D eigenvalue weighted by atomic mass is 35.5. The molecule has 1 aromatic heterocycles. The minimum atomic E-state index is -0.273. The molecule has 0 saturated carbocycles. The Hall–Kier alpha value is -1.09. The molecule has 1 aliphatic carbocycles. The summed E-state index contributed by atoms with van der Waals surface area (Å²) in [5.41, 5.74) is 1.94. The second-order valence-corrected chi connectivity index (χ2v) is 3.70. The van der Waals surface area contributed by atoms with Gasteiger partial charge in [0, 0.05) is 6.92 Å². The molecular weight excluding hydrogens is 202 g/mol. The van der Waals surface area contributed by atoms with Crippen LogP contribution in [0.4, 0.5) is 0 Å². The summed E-state index contributed by atoms with van der Waals surface area (Å²) < 4.78 is 5.13. The van der Waals surface area contributed by atoms with E-state index in [1.54, 1.807) is 6.07 Å². The second-order valence-electron chi connectivity index (χ2n) is 3.32. The smallest absolute Gasteiger partial charge is 0.303 e. The Morgan fingerprint density at radius 3 is 3.14 bits per heavy atom. The molecule has 0 N–H and O–H groups in total. The van der Waals surface area contributed by atoms with Crippen LogP contribution in [0.25, 0.3) is 0 Å². The van der Waals surface area contributed by atoms with Gasteiger partial charge in [-0.3, -0.25) is 4.79 Å². The average Bonchev–Trinajstić information content (AvgIpc) is 2.47. The van der Waals surface area contributed by atoms with Crippen LogP contribution in [0.5, 0.6) is 0 Å². The van der Waals surface area contributed by atoms with Crippen LogP contribution >= 0.6 is 11.6 Å². The third kappa shape index (κ3) is 1.73. The maximum atomic E-state index is 10.8. The van der Waals surface area contributed by atoms with Crippen molar-refractivity contribution in [2.45, 2.75) is 25.9 Å². The highest BCUT2D eigenvalue weighted by Gasteiger charge is 2.26. The molecule has 4 heteroatoms. The topological polar surface area (TPSA) is 39.2 Å². The van der Waals surface area contributed by atoms with Gasteiger partial charge in [0.2, 0.25) is 0 Å². The van der Waals surface area contributed by atoms with Gasteiger partial charge in [-0.25, -0.2) is 4.98 Å². The summed E-state index contributed by atoms with van der Waals surface area (Å²) in [7, 11) is 0. The van der Waals surface area contributed by atoms with Gasteiger partial charge >= 0.3 is 5.97 Å². The van der Waals surface area contributed by atoms with E-state index in [1.807, 2.05) is 6.07 Å². The quantitative estimate of drug-likeness (QED) is 0.529. The van der Waals surface area contributed by atoms with Gasteiger partial charge in [0.15, 0.2) is 0 Å². The van der Waals surface area contributed by atoms with E-state index in [0.717, 1.165) is 24.1 Å². The molecule has 3 nitrogen and oxygen atoms in total. The fraction of sp³-hybridized carbons (Fsp3) is 0.400. The van der Waals surface area contributed by atoms with Crippen LogP contribution in [0.1, 0.15) is 30.7 Å². The first-order valence-corrected chi connectivity index (χ1v) is 4.87. The van der Waals surface area contributed by atoms with E-state index in [-0.39, 0.29) is 12.1 Å². The molecule has 1 aromatic rings. The van der Waals surface area contributed by atoms with E-state index in [4.69, 9.17) is 16.3 Å². The molecule has 0 fully saturated rings. The zero-order chi connectivity index (χ0) is 10.1. The van der Waals surface area contributed by atoms with Crippen LogP contribution in [0.15, 0.2) is 12.1 Å². The van der Waals surface area contributed by atoms with Gasteiger partial charge in [0.25, 0.3) is 0 Å². The minimum absolute atomic E-state index is 0.207. The molecular formula is C10H10ClNO2. The highest BCUT2D eigenvalue weighted by Crippen LogP contribution is 2.33. The SMILES string of the molecule is CC(=O)O[C@@H]1CCc2ccc(Cl)nc21. The fourth-order valence-electron chi connectivity index (χ4n) is 1.71. The maximum Gasteiger partial charge on any atom is 0.303 e. The number of nitrogens with zero attached hydrogens (tertiary/aromatic N) is 1. The molecule has 0 radical (unpaired) electrons. The molecule has 0 unspecified atom stereocenters. The molecule has 1 heterocycles. The van der Waals surface area contributed by atoms with Gasteiger partial charge in [-0.2, -0.15) is 0 Å². The Morgan fingerprint density at radius 1 is 1.64 bits per heavy atom. The Bertz CT molecular complexity index is 378. The van der Waals surface area contributed by atoms with Crippen molar-refractivity contribution < 1.29 is 9.53 Å². The number of rotatable bonds is 1. The molecule has 14 heavy (non-hydrogen) atoms. The summed E-state index contributed by atoms with van der Waals surface area (Å²) in [4.78, 5) is 15.0. The third-order valence-electron chi connectivity index (χ3n) is 2.27. The Morgan fingerprint density at radius 2 is 2.43 bits per heavy atom. The molecule has 0 aromatic carbocycles. The summed E-state index contributed by atoms with van der Waals surface area (Å²) in [6.45, 7) is 1.41. The van der Waals surface area contributed by atoms with Crippen LogP contribution in [-0.2, 0) is 16.0 Å². The average molecular weight is 212 g/mol. The van der Waals surface area contributed by atoms with E-state index in [2.05, 4.69) is 4.98 Å². The van der Waals surface area contributed by atoms with Crippen LogP contribution < -0.4 is 0 Å². The van der Waals surface area contributed by atoms with Crippen molar-refractivity contribution in [2.24, 2.45) is 0 Å². The Labute approximate surface area is 87.0 Å². The van der Waals surface area contributed by atoms with Gasteiger partial charge in [-0.1, -0.05) is 17.7 Å². The molecule has 0 bridgehead atoms. The lowest BCUT2D eigenvalue weighted by Crippen LogP contribution is -2.06. The monoisotopic (exact) mass is 211 g/mol. The Balaban J connectivity index is 2.28. The zero-order valence-electron chi connectivity index (χ0n) is 7.79. The number of carbonyl (C=O) groups is 1. The first kappa shape index (κ1) is 9.46. The predicted octanol–water partition coefficient (Wildman–Crippen LogP) is 2.29. The molecule has 0 saturated heterocycles. The Kier molecular flexibility index (Phi) is 2.42. The number of aryl methyl sites for hydroxylation is 1. The third-order valence-corrected chi connectivity index (χ3v) is 2.48. The number of pyridine rings is 1. The fourth-order valence-corrected chi connectivity index (χ4v) is 1.86.